The number of aryl methyl sites for hydroxylation is 2. The zero-order valence-corrected chi connectivity index (χ0v) is 12.2. The van der Waals surface area contributed by atoms with Gasteiger partial charge in [-0.25, -0.2) is 4.98 Å². The van der Waals surface area contributed by atoms with Crippen LogP contribution in [0.1, 0.15) is 34.5 Å². The third kappa shape index (κ3) is 3.00. The predicted molar refractivity (Wildman–Crippen MR) is 77.1 cm³/mol. The molecule has 0 aromatic carbocycles. The van der Waals surface area contributed by atoms with Crippen LogP contribution in [0.4, 0.5) is 0 Å². The Hall–Kier alpha value is -1.13. The summed E-state index contributed by atoms with van der Waals surface area (Å²) in [5.41, 5.74) is 1.42. The second-order valence-electron chi connectivity index (χ2n) is 4.55. The molecule has 18 heavy (non-hydrogen) atoms. The molecule has 2 rings (SSSR count). The maximum Gasteiger partial charge on any atom is 0.108 e. The molecule has 0 aliphatic heterocycles. The second-order valence-corrected chi connectivity index (χ2v) is 5.89. The molecule has 0 unspecified atom stereocenters. The van der Waals surface area contributed by atoms with Gasteiger partial charge in [0, 0.05) is 41.7 Å². The fourth-order valence-corrected chi connectivity index (χ4v) is 3.19. The number of nitrogens with zero attached hydrogens (tertiary/aromatic N) is 2. The van der Waals surface area contributed by atoms with E-state index < -0.39 is 0 Å². The number of imidazole rings is 1. The first-order valence-electron chi connectivity index (χ1n) is 6.47. The molecule has 98 valence electrons. The third-order valence-electron chi connectivity index (χ3n) is 3.04. The first kappa shape index (κ1) is 13.3. The second kappa shape index (κ2) is 6.16. The first-order valence-corrected chi connectivity index (χ1v) is 7.29. The SMILES string of the molecule is CCCc1nccn1Cc1cc(CNC)sc1C. The lowest BCUT2D eigenvalue weighted by Gasteiger charge is -2.06. The average molecular weight is 263 g/mol. The largest absolute Gasteiger partial charge is 0.330 e. The van der Waals surface area contributed by atoms with Crippen molar-refractivity contribution in [3.63, 3.8) is 0 Å². The molecule has 0 spiro atoms. The molecule has 0 aliphatic rings. The fourth-order valence-electron chi connectivity index (χ4n) is 2.13. The molecule has 0 fully saturated rings. The third-order valence-corrected chi connectivity index (χ3v) is 4.13. The summed E-state index contributed by atoms with van der Waals surface area (Å²) in [5, 5.41) is 3.21. The molecule has 4 heteroatoms. The van der Waals surface area contributed by atoms with Crippen molar-refractivity contribution in [3.05, 3.63) is 39.6 Å². The van der Waals surface area contributed by atoms with Gasteiger partial charge in [0.1, 0.15) is 5.82 Å². The van der Waals surface area contributed by atoms with E-state index in [9.17, 15) is 0 Å². The van der Waals surface area contributed by atoms with Gasteiger partial charge in [-0.3, -0.25) is 0 Å². The Bertz CT molecular complexity index is 499. The van der Waals surface area contributed by atoms with Crippen molar-refractivity contribution in [3.8, 4) is 0 Å². The summed E-state index contributed by atoms with van der Waals surface area (Å²) in [7, 11) is 1.99. The maximum absolute atomic E-state index is 4.43. The minimum Gasteiger partial charge on any atom is -0.330 e. The van der Waals surface area contributed by atoms with E-state index in [4.69, 9.17) is 0 Å². The van der Waals surface area contributed by atoms with Gasteiger partial charge in [0.15, 0.2) is 0 Å². The van der Waals surface area contributed by atoms with Crippen LogP contribution in [0.25, 0.3) is 0 Å². The zero-order valence-electron chi connectivity index (χ0n) is 11.4. The van der Waals surface area contributed by atoms with E-state index in [-0.39, 0.29) is 0 Å². The quantitative estimate of drug-likeness (QED) is 0.868. The molecule has 0 atom stereocenters. The number of hydrogen-bond donors (Lipinski definition) is 1. The molecule has 0 bridgehead atoms. The summed E-state index contributed by atoms with van der Waals surface area (Å²) in [5.74, 6) is 1.19. The highest BCUT2D eigenvalue weighted by molar-refractivity contribution is 7.12. The lowest BCUT2D eigenvalue weighted by atomic mass is 10.2. The Kier molecular flexibility index (Phi) is 4.55. The van der Waals surface area contributed by atoms with Crippen molar-refractivity contribution in [2.24, 2.45) is 0 Å². The number of nitrogens with one attached hydrogen (secondary N) is 1. The maximum atomic E-state index is 4.43. The normalized spacial score (nSPS) is 11.1. The molecule has 2 aromatic rings. The number of thiophene rings is 1. The van der Waals surface area contributed by atoms with Gasteiger partial charge in [-0.15, -0.1) is 11.3 Å². The van der Waals surface area contributed by atoms with Crippen LogP contribution in [-0.2, 0) is 19.5 Å². The highest BCUT2D eigenvalue weighted by Crippen LogP contribution is 2.22. The Morgan fingerprint density at radius 1 is 1.44 bits per heavy atom. The summed E-state index contributed by atoms with van der Waals surface area (Å²) in [6.07, 6.45) is 6.19. The molecule has 0 saturated carbocycles. The van der Waals surface area contributed by atoms with Crippen LogP contribution < -0.4 is 5.32 Å². The Morgan fingerprint density at radius 2 is 2.28 bits per heavy atom. The highest BCUT2D eigenvalue weighted by Gasteiger charge is 2.08. The number of aromatic nitrogens is 2. The fraction of sp³-hybridized carbons (Fsp3) is 0.500. The standard InChI is InChI=1S/C14H21N3S/c1-4-5-14-16-6-7-17(14)10-12-8-13(9-15-3)18-11(12)2/h6-8,15H,4-5,9-10H2,1-3H3. The summed E-state index contributed by atoms with van der Waals surface area (Å²) in [4.78, 5) is 7.25. The number of rotatable bonds is 6. The minimum absolute atomic E-state index is 0.946. The van der Waals surface area contributed by atoms with Gasteiger partial charge in [-0.1, -0.05) is 6.92 Å². The average Bonchev–Trinajstić information content (AvgIpc) is 2.89. The monoisotopic (exact) mass is 263 g/mol. The molecule has 0 aliphatic carbocycles. The summed E-state index contributed by atoms with van der Waals surface area (Å²) in [6, 6.07) is 2.31. The Balaban J connectivity index is 2.15. The molecular weight excluding hydrogens is 242 g/mol. The van der Waals surface area contributed by atoms with E-state index >= 15 is 0 Å². The first-order chi connectivity index (χ1) is 8.74. The number of hydrogen-bond acceptors (Lipinski definition) is 3. The molecule has 0 amide bonds. The molecule has 2 heterocycles. The topological polar surface area (TPSA) is 29.9 Å². The van der Waals surface area contributed by atoms with Crippen LogP contribution in [0.15, 0.2) is 18.5 Å². The summed E-state index contributed by atoms with van der Waals surface area (Å²) in [6.45, 7) is 6.30. The lowest BCUT2D eigenvalue weighted by Crippen LogP contribution is -2.05. The summed E-state index contributed by atoms with van der Waals surface area (Å²) < 4.78 is 2.27. The molecule has 2 aromatic heterocycles. The van der Waals surface area contributed by atoms with Crippen molar-refractivity contribution in [1.82, 2.24) is 14.9 Å². The van der Waals surface area contributed by atoms with Crippen LogP contribution in [0, 0.1) is 6.92 Å². The van der Waals surface area contributed by atoms with E-state index in [1.54, 1.807) is 0 Å². The molecule has 3 nitrogen and oxygen atoms in total. The van der Waals surface area contributed by atoms with E-state index in [2.05, 4.69) is 41.0 Å². The van der Waals surface area contributed by atoms with Crippen molar-refractivity contribution in [1.29, 1.82) is 0 Å². The lowest BCUT2D eigenvalue weighted by molar-refractivity contribution is 0.704. The van der Waals surface area contributed by atoms with Crippen LogP contribution in [0.2, 0.25) is 0 Å². The summed E-state index contributed by atoms with van der Waals surface area (Å²) >= 11 is 1.88. The van der Waals surface area contributed by atoms with Gasteiger partial charge in [0.2, 0.25) is 0 Å². The van der Waals surface area contributed by atoms with Gasteiger partial charge >= 0.3 is 0 Å². The van der Waals surface area contributed by atoms with Gasteiger partial charge in [-0.2, -0.15) is 0 Å². The predicted octanol–water partition coefficient (Wildman–Crippen LogP) is 2.97. The van der Waals surface area contributed by atoms with Crippen LogP contribution in [0.3, 0.4) is 0 Å². The zero-order chi connectivity index (χ0) is 13.0. The van der Waals surface area contributed by atoms with Crippen molar-refractivity contribution >= 4 is 11.3 Å². The molecule has 1 N–H and O–H groups in total. The smallest absolute Gasteiger partial charge is 0.108 e. The highest BCUT2D eigenvalue weighted by atomic mass is 32.1. The molecular formula is C14H21N3S. The van der Waals surface area contributed by atoms with Crippen molar-refractivity contribution in [2.75, 3.05) is 7.05 Å². The Morgan fingerprint density at radius 3 is 3.00 bits per heavy atom. The molecule has 0 radical (unpaired) electrons. The van der Waals surface area contributed by atoms with Crippen LogP contribution in [-0.4, -0.2) is 16.6 Å². The van der Waals surface area contributed by atoms with Crippen molar-refractivity contribution < 1.29 is 0 Å². The van der Waals surface area contributed by atoms with E-state index in [0.717, 1.165) is 25.9 Å². The Labute approximate surface area is 113 Å². The van der Waals surface area contributed by atoms with Gasteiger partial charge < -0.3 is 9.88 Å². The van der Waals surface area contributed by atoms with E-state index in [1.807, 2.05) is 24.6 Å². The van der Waals surface area contributed by atoms with Crippen LogP contribution >= 0.6 is 11.3 Å². The minimum atomic E-state index is 0.946. The van der Waals surface area contributed by atoms with Gasteiger partial charge in [0.05, 0.1) is 0 Å². The van der Waals surface area contributed by atoms with Gasteiger partial charge in [0.25, 0.3) is 0 Å². The van der Waals surface area contributed by atoms with Crippen molar-refractivity contribution in [2.45, 2.75) is 39.8 Å². The molecule has 0 saturated heterocycles. The van der Waals surface area contributed by atoms with Gasteiger partial charge in [-0.05, 0) is 32.0 Å². The van der Waals surface area contributed by atoms with E-state index in [0.29, 0.717) is 0 Å². The van der Waals surface area contributed by atoms with Crippen LogP contribution in [0.5, 0.6) is 0 Å². The van der Waals surface area contributed by atoms with E-state index in [1.165, 1.54) is 21.1 Å².